The number of phenolic OH excluding ortho intramolecular Hbond substituents is 2. The molecule has 2 heterocycles. The second-order valence-electron chi connectivity index (χ2n) is 15.5. The van der Waals surface area contributed by atoms with Gasteiger partial charge in [-0.05, 0) is 97.2 Å². The Morgan fingerprint density at radius 3 is 1.64 bits per heavy atom. The number of carbonyl (C=O) groups is 6. The zero-order valence-electron chi connectivity index (χ0n) is 34.4. The Morgan fingerprint density at radius 2 is 1.14 bits per heavy atom. The maximum absolute atomic E-state index is 14.0. The van der Waals surface area contributed by atoms with Gasteiger partial charge in [-0.15, -0.1) is 0 Å². The van der Waals surface area contributed by atoms with Crippen LogP contribution in [0.25, 0.3) is 0 Å². The van der Waals surface area contributed by atoms with Crippen molar-refractivity contribution >= 4 is 35.3 Å². The predicted molar refractivity (Wildman–Crippen MR) is 220 cm³/mol. The normalized spacial score (nSPS) is 18.6. The minimum Gasteiger partial charge on any atom is -0.507 e. The molecule has 5 amide bonds. The Balaban J connectivity index is 1.33. The lowest BCUT2D eigenvalue weighted by atomic mass is 10.00. The number of hydrogen-bond donors (Lipinski definition) is 7. The molecule has 0 aliphatic carbocycles. The van der Waals surface area contributed by atoms with Crippen molar-refractivity contribution in [3.63, 3.8) is 0 Å². The molecule has 2 aliphatic rings. The van der Waals surface area contributed by atoms with Gasteiger partial charge in [0.2, 0.25) is 23.6 Å². The van der Waals surface area contributed by atoms with Gasteiger partial charge in [0.15, 0.2) is 5.78 Å². The first-order valence-electron chi connectivity index (χ1n) is 20.8. The Morgan fingerprint density at radius 1 is 0.672 bits per heavy atom. The third-order valence-electron chi connectivity index (χ3n) is 11.5. The van der Waals surface area contributed by atoms with E-state index in [-0.39, 0.29) is 77.1 Å². The summed E-state index contributed by atoms with van der Waals surface area (Å²) in [6, 6.07) is 9.80. The van der Waals surface area contributed by atoms with E-state index in [4.69, 9.17) is 0 Å². The summed E-state index contributed by atoms with van der Waals surface area (Å²) in [5.74, 6) is -1.74. The first-order chi connectivity index (χ1) is 27.9. The van der Waals surface area contributed by atoms with Gasteiger partial charge in [0.05, 0.1) is 23.2 Å². The van der Waals surface area contributed by atoms with E-state index in [2.05, 4.69) is 26.6 Å². The molecule has 0 unspecified atom stereocenters. The number of benzene rings is 2. The molecule has 2 aromatic carbocycles. The lowest BCUT2D eigenvalue weighted by Gasteiger charge is -2.30. The highest BCUT2D eigenvalue weighted by atomic mass is 16.3. The number of phenols is 2. The number of rotatable bonds is 22. The summed E-state index contributed by atoms with van der Waals surface area (Å²) < 4.78 is 0. The highest BCUT2D eigenvalue weighted by molar-refractivity contribution is 5.98. The van der Waals surface area contributed by atoms with E-state index in [1.807, 2.05) is 0 Å². The summed E-state index contributed by atoms with van der Waals surface area (Å²) in [7, 11) is 3.35. The topological polar surface area (TPSA) is 210 Å². The van der Waals surface area contributed by atoms with E-state index in [1.54, 1.807) is 68.1 Å². The summed E-state index contributed by atoms with van der Waals surface area (Å²) >= 11 is 0. The molecule has 6 atom stereocenters. The SMILES string of the molecule is CN[C@@H](C)C(=O)N[C@@H](CCCCCC[C@H](NC(=O)[C@H](C)NC)C(=O)N1CCC[C@H]1CNC(=O)c1ccccc1O)C(=O)N1CCC[C@H]1CCC(=O)c1ccccc1O. The van der Waals surface area contributed by atoms with Crippen molar-refractivity contribution in [2.24, 2.45) is 0 Å². The fourth-order valence-electron chi connectivity index (χ4n) is 7.70. The van der Waals surface area contributed by atoms with Gasteiger partial charge in [-0.25, -0.2) is 0 Å². The van der Waals surface area contributed by atoms with Crippen LogP contribution in [0.3, 0.4) is 0 Å². The Labute approximate surface area is 342 Å². The molecule has 2 aromatic rings. The summed E-state index contributed by atoms with van der Waals surface area (Å²) in [6.45, 7) is 4.70. The average molecular weight is 806 g/mol. The van der Waals surface area contributed by atoms with Crippen molar-refractivity contribution in [2.45, 2.75) is 127 Å². The molecule has 2 fully saturated rings. The van der Waals surface area contributed by atoms with E-state index in [1.165, 1.54) is 18.2 Å². The minimum atomic E-state index is -0.765. The first kappa shape index (κ1) is 45.7. The molecule has 2 saturated heterocycles. The molecule has 0 aromatic heterocycles. The summed E-state index contributed by atoms with van der Waals surface area (Å²) in [6.07, 6.45) is 7.20. The molecule has 15 heteroatoms. The number of Topliss-reactive ketones (excluding diaryl/α,β-unsaturated/α-hetero) is 1. The maximum atomic E-state index is 14.0. The van der Waals surface area contributed by atoms with Crippen LogP contribution >= 0.6 is 0 Å². The number of likely N-dealkylation sites (tertiary alicyclic amines) is 2. The van der Waals surface area contributed by atoms with Crippen molar-refractivity contribution in [3.8, 4) is 11.5 Å². The van der Waals surface area contributed by atoms with E-state index in [9.17, 15) is 39.0 Å². The van der Waals surface area contributed by atoms with Crippen molar-refractivity contribution in [3.05, 3.63) is 59.7 Å². The van der Waals surface area contributed by atoms with Crippen molar-refractivity contribution < 1.29 is 39.0 Å². The largest absolute Gasteiger partial charge is 0.507 e. The molecule has 0 radical (unpaired) electrons. The summed E-state index contributed by atoms with van der Waals surface area (Å²) in [5.41, 5.74) is 0.424. The Hall–Kier alpha value is -5.02. The molecule has 0 spiro atoms. The van der Waals surface area contributed by atoms with Gasteiger partial charge in [0.1, 0.15) is 23.6 Å². The standard InChI is InChI=1S/C43H63N7O8/c1-28(44-3)39(54)47-34(42(57)49-25-13-15-30(49)23-24-38(53)32-17-9-11-21-36(32)51)19-7-5-6-8-20-35(48-40(55)29(2)45-4)43(58)50-26-14-16-31(50)27-46-41(56)33-18-10-12-22-37(33)52/h9-12,17-18,21-22,28-31,34-35,44-45,51-52H,5-8,13-16,19-20,23-27H2,1-4H3,(H,46,56)(H,47,54)(H,48,55)/t28-,29-,30-,31-,34-,35-/m0/s1. The van der Waals surface area contributed by atoms with Gasteiger partial charge >= 0.3 is 0 Å². The van der Waals surface area contributed by atoms with Gasteiger partial charge in [-0.2, -0.15) is 0 Å². The highest BCUT2D eigenvalue weighted by Gasteiger charge is 2.36. The molecule has 318 valence electrons. The van der Waals surface area contributed by atoms with Crippen LogP contribution in [0.15, 0.2) is 48.5 Å². The minimum absolute atomic E-state index is 0.0617. The van der Waals surface area contributed by atoms with Gasteiger partial charge in [0.25, 0.3) is 5.91 Å². The van der Waals surface area contributed by atoms with Crippen LogP contribution in [-0.4, -0.2) is 125 Å². The summed E-state index contributed by atoms with van der Waals surface area (Å²) in [4.78, 5) is 83.1. The molecular weight excluding hydrogens is 743 g/mol. The number of aromatic hydroxyl groups is 2. The summed E-state index contributed by atoms with van der Waals surface area (Å²) in [5, 5.41) is 34.8. The highest BCUT2D eigenvalue weighted by Crippen LogP contribution is 2.26. The van der Waals surface area contributed by atoms with Crippen LogP contribution in [0.4, 0.5) is 0 Å². The number of nitrogens with one attached hydrogen (secondary N) is 5. The molecule has 0 bridgehead atoms. The van der Waals surface area contributed by atoms with Gasteiger partial charge in [-0.3, -0.25) is 28.8 Å². The maximum Gasteiger partial charge on any atom is 0.255 e. The first-order valence-corrected chi connectivity index (χ1v) is 20.8. The molecule has 7 N–H and O–H groups in total. The third-order valence-corrected chi connectivity index (χ3v) is 11.5. The molecule has 4 rings (SSSR count). The quantitative estimate of drug-likeness (QED) is 0.0684. The van der Waals surface area contributed by atoms with Crippen LogP contribution in [0.2, 0.25) is 0 Å². The monoisotopic (exact) mass is 805 g/mol. The third kappa shape index (κ3) is 12.7. The van der Waals surface area contributed by atoms with Crippen molar-refractivity contribution in [2.75, 3.05) is 33.7 Å². The Kier molecular flexibility index (Phi) is 18.0. The number of carbonyl (C=O) groups excluding carboxylic acids is 6. The van der Waals surface area contributed by atoms with Crippen LogP contribution in [0.5, 0.6) is 11.5 Å². The number of nitrogens with zero attached hydrogens (tertiary/aromatic N) is 2. The van der Waals surface area contributed by atoms with Crippen LogP contribution in [0, 0.1) is 0 Å². The second-order valence-corrected chi connectivity index (χ2v) is 15.5. The van der Waals surface area contributed by atoms with Crippen LogP contribution in [0.1, 0.15) is 112 Å². The fourth-order valence-corrected chi connectivity index (χ4v) is 7.70. The Bertz CT molecular complexity index is 1600. The number of para-hydroxylation sites is 2. The number of unbranched alkanes of at least 4 members (excludes halogenated alkanes) is 3. The molecule has 2 aliphatic heterocycles. The van der Waals surface area contributed by atoms with Gasteiger partial charge in [-0.1, -0.05) is 49.9 Å². The zero-order valence-corrected chi connectivity index (χ0v) is 34.4. The smallest absolute Gasteiger partial charge is 0.255 e. The van der Waals surface area contributed by atoms with Gasteiger partial charge in [0, 0.05) is 38.1 Å². The van der Waals surface area contributed by atoms with E-state index in [0.717, 1.165) is 32.1 Å². The molecule has 15 nitrogen and oxygen atoms in total. The van der Waals surface area contributed by atoms with E-state index >= 15 is 0 Å². The number of ketones is 1. The zero-order chi connectivity index (χ0) is 42.2. The number of likely N-dealkylation sites (N-methyl/N-ethyl adjacent to an activating group) is 2. The van der Waals surface area contributed by atoms with Crippen LogP contribution < -0.4 is 26.6 Å². The lowest BCUT2D eigenvalue weighted by molar-refractivity contribution is -0.138. The molecule has 0 saturated carbocycles. The number of amides is 5. The average Bonchev–Trinajstić information content (AvgIpc) is 3.91. The van der Waals surface area contributed by atoms with E-state index < -0.39 is 30.1 Å². The van der Waals surface area contributed by atoms with E-state index in [0.29, 0.717) is 51.6 Å². The van der Waals surface area contributed by atoms with Crippen LogP contribution in [-0.2, 0) is 19.2 Å². The molecule has 58 heavy (non-hydrogen) atoms. The predicted octanol–water partition coefficient (Wildman–Crippen LogP) is 3.00. The fraction of sp³-hybridized carbons (Fsp3) is 0.581. The lowest BCUT2D eigenvalue weighted by Crippen LogP contribution is -2.54. The van der Waals surface area contributed by atoms with Crippen molar-refractivity contribution in [1.82, 2.24) is 36.4 Å². The van der Waals surface area contributed by atoms with Crippen molar-refractivity contribution in [1.29, 1.82) is 0 Å². The number of hydrogen-bond acceptors (Lipinski definition) is 10. The second kappa shape index (κ2) is 22.8. The van der Waals surface area contributed by atoms with Gasteiger partial charge < -0.3 is 46.6 Å². The molecular formula is C43H63N7O8.